The Labute approximate surface area is 76.4 Å². The maximum Gasteiger partial charge on any atom is 0 e. The maximum atomic E-state index is 0. The summed E-state index contributed by atoms with van der Waals surface area (Å²) in [6.07, 6.45) is 0. The molecule has 0 aliphatic rings. The van der Waals surface area contributed by atoms with E-state index >= 15 is 0 Å². The minimum absolute atomic E-state index is 0. The second-order valence-electron chi connectivity index (χ2n) is 0. The van der Waals surface area contributed by atoms with Crippen LogP contribution in [-0.2, 0) is 19.5 Å². The molecule has 0 bridgehead atoms. The van der Waals surface area contributed by atoms with Gasteiger partial charge in [-0.2, -0.15) is 0 Å². The first kappa shape index (κ1) is 32.9. The van der Waals surface area contributed by atoms with Crippen LogP contribution < -0.4 is 0 Å². The third-order valence-electron chi connectivity index (χ3n) is 0. The van der Waals surface area contributed by atoms with Crippen molar-refractivity contribution in [3.05, 3.63) is 0 Å². The summed E-state index contributed by atoms with van der Waals surface area (Å²) in [5, 5.41) is 0. The van der Waals surface area contributed by atoms with E-state index in [0.717, 1.165) is 0 Å². The van der Waals surface area contributed by atoms with Gasteiger partial charge in [0.2, 0.25) is 0 Å². The number of rotatable bonds is 0. The Balaban J connectivity index is 0. The van der Waals surface area contributed by atoms with Crippen LogP contribution in [0.25, 0.3) is 0 Å². The molecule has 0 fully saturated rings. The Kier molecular flexibility index (Phi) is 151. The van der Waals surface area contributed by atoms with Gasteiger partial charge in [0.1, 0.15) is 0 Å². The van der Waals surface area contributed by atoms with Gasteiger partial charge in [0, 0.05) is 19.5 Å². The summed E-state index contributed by atoms with van der Waals surface area (Å²) in [7, 11) is 0. The molecule has 0 aromatic carbocycles. The Morgan fingerprint density at radius 3 is 1.00 bits per heavy atom. The van der Waals surface area contributed by atoms with Crippen molar-refractivity contribution in [3.8, 4) is 0 Å². The van der Waals surface area contributed by atoms with Crippen molar-refractivity contribution < 1.29 is 25.0 Å². The largest absolute Gasteiger partial charge is 0 e. The van der Waals surface area contributed by atoms with Crippen LogP contribution >= 0.6 is 0 Å². The molecule has 4 heavy (non-hydrogen) atoms. The fraction of sp³-hybridized carbons (Fsp3) is 0. The molecular weight excluding hydrogens is 129 g/mol. The van der Waals surface area contributed by atoms with E-state index in [-0.39, 0.29) is 77.6 Å². The van der Waals surface area contributed by atoms with Crippen molar-refractivity contribution in [2.24, 2.45) is 0 Å². The van der Waals surface area contributed by atoms with E-state index in [2.05, 4.69) is 0 Å². The molecule has 16 valence electrons. The van der Waals surface area contributed by atoms with E-state index < -0.39 is 0 Å². The van der Waals surface area contributed by atoms with Gasteiger partial charge in [0.15, 0.2) is 0 Å². The zero-order valence-electron chi connectivity index (χ0n) is 1.21. The normalized spacial score (nSPS) is 0. The number of hydrogen-bond donors (Lipinski definition) is 0. The Morgan fingerprint density at radius 2 is 1.00 bits per heavy atom. The quantitative estimate of drug-likeness (QED) is 0.331. The Bertz CT molecular complexity index is 8.00. The average Bonchev–Trinajstić information content (AvgIpc) is 0. The van der Waals surface area contributed by atoms with Crippen LogP contribution in [0.2, 0.25) is 0 Å². The fourth-order valence-corrected chi connectivity index (χ4v) is 0. The predicted molar refractivity (Wildman–Crippen MR) is 19.3 cm³/mol. The predicted octanol–water partition coefficient (Wildman–Crippen LogP) is -2.39. The molecule has 0 radical (unpaired) electrons. The van der Waals surface area contributed by atoms with Crippen LogP contribution in [0.3, 0.4) is 0 Å². The van der Waals surface area contributed by atoms with Crippen LogP contribution in [0.1, 0.15) is 0 Å². The summed E-state index contributed by atoms with van der Waals surface area (Å²) >= 11 is 0. The third kappa shape index (κ3) is 8.84. The Hall–Kier alpha value is 2.35. The van der Waals surface area contributed by atoms with Crippen LogP contribution in [0.15, 0.2) is 0 Å². The van der Waals surface area contributed by atoms with Gasteiger partial charge in [-0.15, -0.1) is 0 Å². The smallest absolute Gasteiger partial charge is 0 e. The summed E-state index contributed by atoms with van der Waals surface area (Å²) in [4.78, 5) is 0. The number of hydrogen-bond acceptors (Lipinski definition) is 0. The van der Waals surface area contributed by atoms with Gasteiger partial charge in [0.05, 0.1) is 0 Å². The standard InChI is InChI=1S/Mg.Na.H2O.Zn.3H/h;;1H2;;;;. The molecule has 4 heteroatoms. The van der Waals surface area contributed by atoms with E-state index in [1.807, 2.05) is 0 Å². The molecule has 0 saturated heterocycles. The summed E-state index contributed by atoms with van der Waals surface area (Å²) in [6.45, 7) is 0. The van der Waals surface area contributed by atoms with Crippen molar-refractivity contribution in [1.82, 2.24) is 0 Å². The van der Waals surface area contributed by atoms with E-state index in [1.54, 1.807) is 0 Å². The minimum Gasteiger partial charge on any atom is 0 e. The summed E-state index contributed by atoms with van der Waals surface area (Å²) in [5.74, 6) is 0. The molecule has 0 saturated carbocycles. The SMILES string of the molecule is O.[MgH2].[NaH].[Zn]. The molecule has 0 spiro atoms. The van der Waals surface area contributed by atoms with Gasteiger partial charge in [-0.05, 0) is 0 Å². The van der Waals surface area contributed by atoms with Crippen molar-refractivity contribution >= 4 is 52.6 Å². The zero-order valence-corrected chi connectivity index (χ0v) is 4.17. The molecule has 1 nitrogen and oxygen atoms in total. The maximum absolute atomic E-state index is 0. The van der Waals surface area contributed by atoms with Gasteiger partial charge >= 0.3 is 52.6 Å². The molecule has 0 aliphatic carbocycles. The molecular formula is H5MgNaOZn. The molecule has 0 aromatic heterocycles. The van der Waals surface area contributed by atoms with Crippen molar-refractivity contribution in [1.29, 1.82) is 0 Å². The van der Waals surface area contributed by atoms with Crippen molar-refractivity contribution in [3.63, 3.8) is 0 Å². The van der Waals surface area contributed by atoms with Gasteiger partial charge < -0.3 is 5.48 Å². The Morgan fingerprint density at radius 1 is 1.00 bits per heavy atom. The van der Waals surface area contributed by atoms with Crippen LogP contribution in [0.4, 0.5) is 0 Å². The van der Waals surface area contributed by atoms with Crippen molar-refractivity contribution in [2.45, 2.75) is 0 Å². The van der Waals surface area contributed by atoms with Crippen LogP contribution in [0.5, 0.6) is 0 Å². The second-order valence-corrected chi connectivity index (χ2v) is 0. The molecule has 0 amide bonds. The van der Waals surface area contributed by atoms with Gasteiger partial charge in [-0.1, -0.05) is 0 Å². The first-order valence-electron chi connectivity index (χ1n) is 0. The van der Waals surface area contributed by atoms with E-state index in [0.29, 0.717) is 0 Å². The van der Waals surface area contributed by atoms with Gasteiger partial charge in [-0.3, -0.25) is 0 Å². The summed E-state index contributed by atoms with van der Waals surface area (Å²) < 4.78 is 0. The topological polar surface area (TPSA) is 31.5 Å². The monoisotopic (exact) mass is 132 g/mol. The molecule has 0 unspecified atom stereocenters. The van der Waals surface area contributed by atoms with Crippen molar-refractivity contribution in [2.75, 3.05) is 0 Å². The van der Waals surface area contributed by atoms with Crippen LogP contribution in [0, 0.1) is 0 Å². The molecule has 0 aromatic rings. The summed E-state index contributed by atoms with van der Waals surface area (Å²) in [5.41, 5.74) is 0. The minimum atomic E-state index is 0. The molecule has 0 rings (SSSR count). The van der Waals surface area contributed by atoms with Crippen LogP contribution in [-0.4, -0.2) is 58.1 Å². The van der Waals surface area contributed by atoms with E-state index in [9.17, 15) is 0 Å². The fourth-order valence-electron chi connectivity index (χ4n) is 0. The zero-order chi connectivity index (χ0) is 0. The molecule has 0 aliphatic heterocycles. The third-order valence-corrected chi connectivity index (χ3v) is 0. The molecule has 0 heterocycles. The van der Waals surface area contributed by atoms with Gasteiger partial charge in [0.25, 0.3) is 0 Å². The first-order chi connectivity index (χ1) is 0. The van der Waals surface area contributed by atoms with E-state index in [1.165, 1.54) is 0 Å². The molecule has 0 atom stereocenters. The molecule has 2 N–H and O–H groups in total. The van der Waals surface area contributed by atoms with E-state index in [4.69, 9.17) is 0 Å². The van der Waals surface area contributed by atoms with Gasteiger partial charge in [-0.25, -0.2) is 0 Å². The average molecular weight is 134 g/mol. The first-order valence-corrected chi connectivity index (χ1v) is 0. The summed E-state index contributed by atoms with van der Waals surface area (Å²) in [6, 6.07) is 0. The second kappa shape index (κ2) is 18.3.